The van der Waals surface area contributed by atoms with E-state index in [1.807, 2.05) is 0 Å². The van der Waals surface area contributed by atoms with Crippen LogP contribution in [0.3, 0.4) is 0 Å². The number of ether oxygens (including phenoxy) is 2. The lowest BCUT2D eigenvalue weighted by Gasteiger charge is -2.23. The number of thiol groups is 1. The molecule has 0 aromatic heterocycles. The fraction of sp³-hybridized carbons (Fsp3) is 0.667. The van der Waals surface area contributed by atoms with E-state index in [0.717, 1.165) is 0 Å². The number of carbonyl (C=O) groups excluding carboxylic acids is 1. The molecule has 0 saturated carbocycles. The van der Waals surface area contributed by atoms with Crippen molar-refractivity contribution < 1.29 is 14.3 Å². The molecular weight excluding hydrogens is 116 g/mol. The Morgan fingerprint density at radius 2 is 2.29 bits per heavy atom. The Kier molecular flexibility index (Phi) is 1.10. The molecule has 1 heterocycles. The predicted molar refractivity (Wildman–Crippen MR) is 25.2 cm³/mol. The van der Waals surface area contributed by atoms with Gasteiger partial charge in [-0.05, 0) is 0 Å². The largest absolute Gasteiger partial charge is 0.514 e. The van der Waals surface area contributed by atoms with Crippen LogP contribution in [0.4, 0.5) is 4.79 Å². The average molecular weight is 120 g/mol. The van der Waals surface area contributed by atoms with Gasteiger partial charge in [-0.15, -0.1) is 0 Å². The van der Waals surface area contributed by atoms with Crippen LogP contribution in [-0.2, 0) is 9.47 Å². The van der Waals surface area contributed by atoms with E-state index in [4.69, 9.17) is 0 Å². The van der Waals surface area contributed by atoms with Crippen LogP contribution in [-0.4, -0.2) is 18.2 Å². The number of hydrogen-bond acceptors (Lipinski definition) is 4. The van der Waals surface area contributed by atoms with Gasteiger partial charge in [-0.25, -0.2) is 4.79 Å². The van der Waals surface area contributed by atoms with Crippen molar-refractivity contribution in [2.45, 2.75) is 6.29 Å². The summed E-state index contributed by atoms with van der Waals surface area (Å²) in [6.45, 7) is 0. The SMILES string of the molecule is O=C1OC(CS)O1. The molecule has 0 spiro atoms. The summed E-state index contributed by atoms with van der Waals surface area (Å²) in [4.78, 5) is 9.79. The third kappa shape index (κ3) is 0.796. The molecule has 1 fully saturated rings. The van der Waals surface area contributed by atoms with Gasteiger partial charge in [0, 0.05) is 0 Å². The highest BCUT2D eigenvalue weighted by Gasteiger charge is 2.27. The van der Waals surface area contributed by atoms with Gasteiger partial charge >= 0.3 is 6.16 Å². The van der Waals surface area contributed by atoms with Crippen LogP contribution in [0.1, 0.15) is 0 Å². The highest BCUT2D eigenvalue weighted by atomic mass is 32.1. The second-order valence-corrected chi connectivity index (χ2v) is 1.46. The molecule has 0 amide bonds. The molecule has 0 bridgehead atoms. The summed E-state index contributed by atoms with van der Waals surface area (Å²) in [5.74, 6) is 0.436. The molecule has 7 heavy (non-hydrogen) atoms. The highest BCUT2D eigenvalue weighted by Crippen LogP contribution is 2.10. The minimum absolute atomic E-state index is 0.393. The van der Waals surface area contributed by atoms with Crippen LogP contribution in [0.5, 0.6) is 0 Å². The van der Waals surface area contributed by atoms with E-state index < -0.39 is 12.4 Å². The molecule has 40 valence electrons. The molecule has 1 rings (SSSR count). The van der Waals surface area contributed by atoms with Gasteiger partial charge in [-0.3, -0.25) is 0 Å². The van der Waals surface area contributed by atoms with Gasteiger partial charge in [-0.2, -0.15) is 12.6 Å². The molecule has 1 aliphatic heterocycles. The summed E-state index contributed by atoms with van der Waals surface area (Å²) in [6, 6.07) is 0. The maximum absolute atomic E-state index is 9.79. The van der Waals surface area contributed by atoms with Crippen molar-refractivity contribution in [3.8, 4) is 0 Å². The molecule has 0 aromatic rings. The Bertz CT molecular complexity index is 84.2. The van der Waals surface area contributed by atoms with Crippen LogP contribution in [0.25, 0.3) is 0 Å². The number of hydrogen-bond donors (Lipinski definition) is 1. The normalized spacial score (nSPS) is 19.9. The fourth-order valence-electron chi connectivity index (χ4n) is 0.298. The van der Waals surface area contributed by atoms with E-state index in [1.165, 1.54) is 0 Å². The molecule has 1 saturated heterocycles. The lowest BCUT2D eigenvalue weighted by molar-refractivity contribution is -0.167. The first-order valence-electron chi connectivity index (χ1n) is 1.81. The zero-order valence-electron chi connectivity index (χ0n) is 3.46. The van der Waals surface area contributed by atoms with Crippen molar-refractivity contribution >= 4 is 18.8 Å². The van der Waals surface area contributed by atoms with Gasteiger partial charge in [0.25, 0.3) is 6.29 Å². The predicted octanol–water partition coefficient (Wildman–Crippen LogP) is 0.409. The molecular formula is C3H4O3S. The van der Waals surface area contributed by atoms with Gasteiger partial charge in [0.15, 0.2) is 0 Å². The molecule has 3 nitrogen and oxygen atoms in total. The summed E-state index contributed by atoms with van der Waals surface area (Å²) in [5.41, 5.74) is 0. The smallest absolute Gasteiger partial charge is 0.393 e. The lowest BCUT2D eigenvalue weighted by Crippen LogP contribution is -2.36. The van der Waals surface area contributed by atoms with Gasteiger partial charge in [0.1, 0.15) is 0 Å². The monoisotopic (exact) mass is 120 g/mol. The van der Waals surface area contributed by atoms with E-state index in [-0.39, 0.29) is 0 Å². The first-order chi connectivity index (χ1) is 3.33. The third-order valence-corrected chi connectivity index (χ3v) is 0.903. The minimum atomic E-state index is -0.598. The van der Waals surface area contributed by atoms with Gasteiger partial charge in [-0.1, -0.05) is 0 Å². The standard InChI is InChI=1S/C3H4O3S/c4-3-5-2(1-7)6-3/h2,7H,1H2. The van der Waals surface area contributed by atoms with Crippen LogP contribution in [0, 0.1) is 0 Å². The number of rotatable bonds is 1. The van der Waals surface area contributed by atoms with Gasteiger partial charge in [0.2, 0.25) is 0 Å². The van der Waals surface area contributed by atoms with Crippen LogP contribution in [0.15, 0.2) is 0 Å². The summed E-state index contributed by atoms with van der Waals surface area (Å²) in [6.07, 6.45) is -0.991. The Labute approximate surface area is 46.0 Å². The quantitative estimate of drug-likeness (QED) is 0.402. The number of cyclic esters (lactones) is 2. The van der Waals surface area contributed by atoms with Crippen molar-refractivity contribution in [1.29, 1.82) is 0 Å². The summed E-state index contributed by atoms with van der Waals surface area (Å²) in [5, 5.41) is 0. The average Bonchev–Trinajstić information content (AvgIpc) is 1.58. The molecule has 0 atom stereocenters. The van der Waals surface area contributed by atoms with E-state index in [9.17, 15) is 4.79 Å². The van der Waals surface area contributed by atoms with Crippen LogP contribution in [0.2, 0.25) is 0 Å². The molecule has 1 aliphatic rings. The van der Waals surface area contributed by atoms with Gasteiger partial charge < -0.3 is 9.47 Å². The lowest BCUT2D eigenvalue weighted by atomic mass is 10.7. The van der Waals surface area contributed by atoms with Crippen molar-refractivity contribution in [3.05, 3.63) is 0 Å². The topological polar surface area (TPSA) is 35.5 Å². The summed E-state index contributed by atoms with van der Waals surface area (Å²) < 4.78 is 8.70. The first-order valence-corrected chi connectivity index (χ1v) is 2.44. The Balaban J connectivity index is 2.17. The molecule has 0 radical (unpaired) electrons. The van der Waals surface area contributed by atoms with E-state index >= 15 is 0 Å². The van der Waals surface area contributed by atoms with E-state index in [1.54, 1.807) is 0 Å². The van der Waals surface area contributed by atoms with Crippen LogP contribution >= 0.6 is 12.6 Å². The molecule has 0 unspecified atom stereocenters. The maximum Gasteiger partial charge on any atom is 0.514 e. The first kappa shape index (κ1) is 4.77. The zero-order valence-corrected chi connectivity index (χ0v) is 4.35. The fourth-order valence-corrected chi connectivity index (χ4v) is 0.447. The Hall–Kier alpha value is -0.380. The molecule has 0 aliphatic carbocycles. The van der Waals surface area contributed by atoms with Crippen molar-refractivity contribution in [3.63, 3.8) is 0 Å². The summed E-state index contributed by atoms with van der Waals surface area (Å²) in [7, 11) is 0. The summed E-state index contributed by atoms with van der Waals surface area (Å²) >= 11 is 3.79. The highest BCUT2D eigenvalue weighted by molar-refractivity contribution is 7.80. The van der Waals surface area contributed by atoms with E-state index in [0.29, 0.717) is 5.75 Å². The number of carbonyl (C=O) groups is 1. The Morgan fingerprint density at radius 3 is 2.43 bits per heavy atom. The maximum atomic E-state index is 9.79. The molecule has 0 aromatic carbocycles. The van der Waals surface area contributed by atoms with E-state index in [2.05, 4.69) is 22.1 Å². The van der Waals surface area contributed by atoms with Gasteiger partial charge in [0.05, 0.1) is 5.75 Å². The third-order valence-electron chi connectivity index (χ3n) is 0.604. The Morgan fingerprint density at radius 1 is 1.71 bits per heavy atom. The minimum Gasteiger partial charge on any atom is -0.393 e. The van der Waals surface area contributed by atoms with Crippen molar-refractivity contribution in [2.75, 3.05) is 5.75 Å². The molecule has 0 N–H and O–H groups in total. The van der Waals surface area contributed by atoms with Crippen molar-refractivity contribution in [2.24, 2.45) is 0 Å². The zero-order chi connectivity index (χ0) is 5.28. The second-order valence-electron chi connectivity index (χ2n) is 1.10. The van der Waals surface area contributed by atoms with Crippen LogP contribution < -0.4 is 0 Å². The second kappa shape index (κ2) is 1.61. The van der Waals surface area contributed by atoms with Crippen molar-refractivity contribution in [1.82, 2.24) is 0 Å². The molecule has 4 heteroatoms.